The molecule has 1 aliphatic rings. The van der Waals surface area contributed by atoms with E-state index in [2.05, 4.69) is 52.1 Å². The summed E-state index contributed by atoms with van der Waals surface area (Å²) in [6.07, 6.45) is 4.02. The number of nitrogens with one attached hydrogen (secondary N) is 1. The number of hydrogen-bond donors (Lipinski definition) is 1. The minimum atomic E-state index is 0.423. The van der Waals surface area contributed by atoms with Crippen molar-refractivity contribution in [1.29, 1.82) is 0 Å². The number of hydrogen-bond acceptors (Lipinski definition) is 1. The molecule has 0 aromatic heterocycles. The quantitative estimate of drug-likeness (QED) is 0.780. The van der Waals surface area contributed by atoms with E-state index < -0.39 is 0 Å². The molecule has 20 heavy (non-hydrogen) atoms. The van der Waals surface area contributed by atoms with E-state index in [-0.39, 0.29) is 0 Å². The minimum Gasteiger partial charge on any atom is -0.310 e. The van der Waals surface area contributed by atoms with Gasteiger partial charge < -0.3 is 5.32 Å². The fraction of sp³-hybridized carbons (Fsp3) is 0.667. The molecule has 0 bridgehead atoms. The SMILES string of the molecule is CCNC(c1cc(C)c(Cl)cc1C)C1CCCC1(C)C. The van der Waals surface area contributed by atoms with E-state index in [0.29, 0.717) is 17.4 Å². The molecule has 0 amide bonds. The first-order valence-corrected chi connectivity index (χ1v) is 8.24. The summed E-state index contributed by atoms with van der Waals surface area (Å²) in [5, 5.41) is 4.62. The van der Waals surface area contributed by atoms with Gasteiger partial charge in [-0.25, -0.2) is 0 Å². The van der Waals surface area contributed by atoms with E-state index in [1.54, 1.807) is 0 Å². The summed E-state index contributed by atoms with van der Waals surface area (Å²) in [7, 11) is 0. The van der Waals surface area contributed by atoms with Crippen LogP contribution in [0.15, 0.2) is 12.1 Å². The third kappa shape index (κ3) is 3.04. The van der Waals surface area contributed by atoms with Crippen LogP contribution in [0, 0.1) is 25.2 Å². The molecule has 1 aliphatic carbocycles. The molecule has 1 fully saturated rings. The highest BCUT2D eigenvalue weighted by Gasteiger charge is 2.40. The zero-order valence-electron chi connectivity index (χ0n) is 13.5. The molecule has 1 nitrogen and oxygen atoms in total. The highest BCUT2D eigenvalue weighted by atomic mass is 35.5. The van der Waals surface area contributed by atoms with Gasteiger partial charge in [-0.1, -0.05) is 44.9 Å². The van der Waals surface area contributed by atoms with E-state index >= 15 is 0 Å². The third-order valence-corrected chi connectivity index (χ3v) is 5.46. The first-order chi connectivity index (χ1) is 9.36. The molecule has 0 saturated heterocycles. The Kier molecular flexibility index (Phi) is 4.81. The van der Waals surface area contributed by atoms with Gasteiger partial charge in [-0.05, 0) is 67.3 Å². The molecule has 1 N–H and O–H groups in total. The van der Waals surface area contributed by atoms with Crippen molar-refractivity contribution in [3.63, 3.8) is 0 Å². The van der Waals surface area contributed by atoms with Gasteiger partial charge in [0.15, 0.2) is 0 Å². The Labute approximate surface area is 129 Å². The van der Waals surface area contributed by atoms with Gasteiger partial charge in [-0.2, -0.15) is 0 Å². The zero-order chi connectivity index (χ0) is 14.9. The lowest BCUT2D eigenvalue weighted by atomic mass is 9.74. The number of rotatable bonds is 4. The standard InChI is InChI=1S/C18H28ClN/c1-6-20-17(15-8-7-9-18(15,4)5)14-10-13(3)16(19)11-12(14)2/h10-11,15,17,20H,6-9H2,1-5H3. The van der Waals surface area contributed by atoms with Gasteiger partial charge >= 0.3 is 0 Å². The van der Waals surface area contributed by atoms with Crippen molar-refractivity contribution in [3.8, 4) is 0 Å². The molecule has 1 aromatic carbocycles. The molecule has 1 aromatic rings. The predicted octanol–water partition coefficient (Wildman–Crippen LogP) is 5.43. The van der Waals surface area contributed by atoms with Crippen molar-refractivity contribution in [2.24, 2.45) is 11.3 Å². The van der Waals surface area contributed by atoms with Crippen LogP contribution in [0.5, 0.6) is 0 Å². The van der Waals surface area contributed by atoms with Crippen LogP contribution in [0.3, 0.4) is 0 Å². The Morgan fingerprint density at radius 2 is 2.00 bits per heavy atom. The van der Waals surface area contributed by atoms with Gasteiger partial charge in [-0.15, -0.1) is 0 Å². The van der Waals surface area contributed by atoms with Crippen LogP contribution < -0.4 is 5.32 Å². The maximum absolute atomic E-state index is 6.26. The predicted molar refractivity (Wildman–Crippen MR) is 88.5 cm³/mol. The number of aryl methyl sites for hydroxylation is 2. The maximum atomic E-state index is 6.26. The summed E-state index contributed by atoms with van der Waals surface area (Å²) in [5.74, 6) is 0.710. The maximum Gasteiger partial charge on any atom is 0.0438 e. The van der Waals surface area contributed by atoms with Crippen molar-refractivity contribution in [3.05, 3.63) is 33.8 Å². The molecule has 2 heteroatoms. The summed E-state index contributed by atoms with van der Waals surface area (Å²) >= 11 is 6.26. The molecule has 0 heterocycles. The second kappa shape index (κ2) is 6.07. The van der Waals surface area contributed by atoms with Crippen molar-refractivity contribution in [1.82, 2.24) is 5.32 Å². The monoisotopic (exact) mass is 293 g/mol. The van der Waals surface area contributed by atoms with E-state index in [4.69, 9.17) is 11.6 Å². The van der Waals surface area contributed by atoms with Crippen LogP contribution in [0.25, 0.3) is 0 Å². The number of halogens is 1. The highest BCUT2D eigenvalue weighted by molar-refractivity contribution is 6.31. The first kappa shape index (κ1) is 15.9. The Morgan fingerprint density at radius 3 is 2.55 bits per heavy atom. The van der Waals surface area contributed by atoms with Crippen molar-refractivity contribution in [2.75, 3.05) is 6.54 Å². The van der Waals surface area contributed by atoms with Crippen LogP contribution in [0.4, 0.5) is 0 Å². The van der Waals surface area contributed by atoms with Crippen LogP contribution in [0.2, 0.25) is 5.02 Å². The minimum absolute atomic E-state index is 0.423. The average molecular weight is 294 g/mol. The molecular weight excluding hydrogens is 266 g/mol. The van der Waals surface area contributed by atoms with Crippen molar-refractivity contribution in [2.45, 2.75) is 59.9 Å². The molecule has 112 valence electrons. The van der Waals surface area contributed by atoms with E-state index in [0.717, 1.165) is 11.6 Å². The van der Waals surface area contributed by atoms with Crippen LogP contribution >= 0.6 is 11.6 Å². The average Bonchev–Trinajstić information content (AvgIpc) is 2.71. The van der Waals surface area contributed by atoms with E-state index in [1.165, 1.54) is 36.0 Å². The highest BCUT2D eigenvalue weighted by Crippen LogP contribution is 2.49. The van der Waals surface area contributed by atoms with Gasteiger partial charge in [0, 0.05) is 11.1 Å². The summed E-state index contributed by atoms with van der Waals surface area (Å²) in [4.78, 5) is 0. The Balaban J connectivity index is 2.41. The van der Waals surface area contributed by atoms with Crippen LogP contribution in [0.1, 0.15) is 62.8 Å². The second-order valence-corrected chi connectivity index (χ2v) is 7.39. The molecular formula is C18H28ClN. The molecule has 0 radical (unpaired) electrons. The third-order valence-electron chi connectivity index (χ3n) is 5.05. The normalized spacial score (nSPS) is 23.0. The van der Waals surface area contributed by atoms with Crippen molar-refractivity contribution < 1.29 is 0 Å². The van der Waals surface area contributed by atoms with Crippen LogP contribution in [-0.4, -0.2) is 6.54 Å². The molecule has 0 spiro atoms. The topological polar surface area (TPSA) is 12.0 Å². The summed E-state index contributed by atoms with van der Waals surface area (Å²) in [6.45, 7) is 12.4. The largest absolute Gasteiger partial charge is 0.310 e. The fourth-order valence-electron chi connectivity index (χ4n) is 3.80. The van der Waals surface area contributed by atoms with Crippen LogP contribution in [-0.2, 0) is 0 Å². The Hall–Kier alpha value is -0.530. The first-order valence-electron chi connectivity index (χ1n) is 7.87. The molecule has 2 atom stereocenters. The molecule has 2 unspecified atom stereocenters. The van der Waals surface area contributed by atoms with Gasteiger partial charge in [0.1, 0.15) is 0 Å². The summed E-state index contributed by atoms with van der Waals surface area (Å²) in [5.41, 5.74) is 4.36. The van der Waals surface area contributed by atoms with E-state index in [1.807, 2.05) is 0 Å². The van der Waals surface area contributed by atoms with Gasteiger partial charge in [0.2, 0.25) is 0 Å². The number of benzene rings is 1. The second-order valence-electron chi connectivity index (χ2n) is 6.98. The Morgan fingerprint density at radius 1 is 1.30 bits per heavy atom. The lowest BCUT2D eigenvalue weighted by Gasteiger charge is -2.36. The lowest BCUT2D eigenvalue weighted by molar-refractivity contribution is 0.199. The summed E-state index contributed by atoms with van der Waals surface area (Å²) in [6, 6.07) is 4.87. The fourth-order valence-corrected chi connectivity index (χ4v) is 4.02. The van der Waals surface area contributed by atoms with Gasteiger partial charge in [-0.3, -0.25) is 0 Å². The summed E-state index contributed by atoms with van der Waals surface area (Å²) < 4.78 is 0. The molecule has 1 saturated carbocycles. The van der Waals surface area contributed by atoms with E-state index in [9.17, 15) is 0 Å². The lowest BCUT2D eigenvalue weighted by Crippen LogP contribution is -2.34. The Bertz CT molecular complexity index is 479. The molecule has 0 aliphatic heterocycles. The van der Waals surface area contributed by atoms with Gasteiger partial charge in [0.25, 0.3) is 0 Å². The van der Waals surface area contributed by atoms with Gasteiger partial charge in [0.05, 0.1) is 0 Å². The van der Waals surface area contributed by atoms with Crippen molar-refractivity contribution >= 4 is 11.6 Å². The smallest absolute Gasteiger partial charge is 0.0438 e. The zero-order valence-corrected chi connectivity index (χ0v) is 14.3. The molecule has 2 rings (SSSR count).